The molecule has 0 atom stereocenters. The van der Waals surface area contributed by atoms with E-state index in [0.717, 1.165) is 11.5 Å². The van der Waals surface area contributed by atoms with Gasteiger partial charge in [0.15, 0.2) is 5.78 Å². The van der Waals surface area contributed by atoms with Crippen molar-refractivity contribution in [2.75, 3.05) is 0 Å². The van der Waals surface area contributed by atoms with Gasteiger partial charge in [0, 0.05) is 11.3 Å². The molecule has 0 fully saturated rings. The zero-order valence-corrected chi connectivity index (χ0v) is 9.94. The molecule has 17 heavy (non-hydrogen) atoms. The number of allylic oxidation sites excluding steroid dienone is 4. The Morgan fingerprint density at radius 3 is 2.00 bits per heavy atom. The van der Waals surface area contributed by atoms with Crippen molar-refractivity contribution in [2.45, 2.75) is 19.3 Å². The molecule has 0 aromatic heterocycles. The van der Waals surface area contributed by atoms with Gasteiger partial charge in [-0.15, -0.1) is 5.75 Å². The third kappa shape index (κ3) is 2.31. The Bertz CT molecular complexity index is 462. The maximum absolute atomic E-state index is 11.1. The minimum atomic E-state index is -0.207. The summed E-state index contributed by atoms with van der Waals surface area (Å²) < 4.78 is 0. The molecular weight excluding hydrogens is 212 g/mol. The molecule has 87 valence electrons. The molecule has 0 amide bonds. The average Bonchev–Trinajstić information content (AvgIpc) is 2.30. The van der Waals surface area contributed by atoms with Crippen LogP contribution < -0.4 is 5.11 Å². The minimum Gasteiger partial charge on any atom is -0.872 e. The molecule has 0 saturated heterocycles. The second-order valence-corrected chi connectivity index (χ2v) is 4.67. The van der Waals surface area contributed by atoms with Gasteiger partial charge in [-0.3, -0.25) is 4.79 Å². The first kappa shape index (κ1) is 11.6. The van der Waals surface area contributed by atoms with E-state index in [1.54, 1.807) is 24.3 Å². The first-order valence-electron chi connectivity index (χ1n) is 5.55. The summed E-state index contributed by atoms with van der Waals surface area (Å²) >= 11 is 0. The van der Waals surface area contributed by atoms with E-state index in [4.69, 9.17) is 0 Å². The van der Waals surface area contributed by atoms with Crippen LogP contribution in [0.15, 0.2) is 48.6 Å². The SMILES string of the molecule is CC(C)([C]1C=CC(=O)C=C1)c1ccc([O-])cc1. The molecule has 1 radical (unpaired) electrons. The molecule has 0 unspecified atom stereocenters. The van der Waals surface area contributed by atoms with E-state index in [-0.39, 0.29) is 16.9 Å². The van der Waals surface area contributed by atoms with E-state index in [1.807, 2.05) is 24.3 Å². The van der Waals surface area contributed by atoms with Crippen LogP contribution in [0, 0.1) is 5.92 Å². The second-order valence-electron chi connectivity index (χ2n) is 4.67. The summed E-state index contributed by atoms with van der Waals surface area (Å²) in [5, 5.41) is 11.1. The highest BCUT2D eigenvalue weighted by molar-refractivity contribution is 6.01. The van der Waals surface area contributed by atoms with Gasteiger partial charge in [0.2, 0.25) is 0 Å². The molecule has 1 aromatic rings. The van der Waals surface area contributed by atoms with Crippen molar-refractivity contribution in [1.29, 1.82) is 0 Å². The molecule has 1 aliphatic carbocycles. The van der Waals surface area contributed by atoms with Crippen molar-refractivity contribution in [1.82, 2.24) is 0 Å². The van der Waals surface area contributed by atoms with Gasteiger partial charge in [0.05, 0.1) is 0 Å². The van der Waals surface area contributed by atoms with E-state index in [0.29, 0.717) is 0 Å². The van der Waals surface area contributed by atoms with E-state index in [1.165, 1.54) is 0 Å². The lowest BCUT2D eigenvalue weighted by Crippen LogP contribution is -2.25. The lowest BCUT2D eigenvalue weighted by molar-refractivity contribution is -0.268. The molecule has 2 nitrogen and oxygen atoms in total. The van der Waals surface area contributed by atoms with Crippen LogP contribution in [0.25, 0.3) is 0 Å². The largest absolute Gasteiger partial charge is 0.872 e. The lowest BCUT2D eigenvalue weighted by Gasteiger charge is -2.31. The number of ketones is 1. The van der Waals surface area contributed by atoms with Crippen molar-refractivity contribution >= 4 is 5.78 Å². The molecule has 0 spiro atoms. The minimum absolute atomic E-state index is 0.0134. The van der Waals surface area contributed by atoms with Gasteiger partial charge in [-0.1, -0.05) is 50.3 Å². The highest BCUT2D eigenvalue weighted by Crippen LogP contribution is 2.36. The number of carbonyl (C=O) groups excluding carboxylic acids is 1. The molecule has 0 aliphatic heterocycles. The normalized spacial score (nSPS) is 16.5. The zero-order chi connectivity index (χ0) is 12.5. The Morgan fingerprint density at radius 2 is 1.47 bits per heavy atom. The van der Waals surface area contributed by atoms with Crippen LogP contribution in [0.5, 0.6) is 5.75 Å². The number of hydrogen-bond acceptors (Lipinski definition) is 2. The molecule has 0 heterocycles. The molecule has 1 aromatic carbocycles. The molecule has 0 saturated carbocycles. The average molecular weight is 226 g/mol. The summed E-state index contributed by atoms with van der Waals surface area (Å²) in [6, 6.07) is 6.82. The summed E-state index contributed by atoms with van der Waals surface area (Å²) in [5.74, 6) is 1.09. The fourth-order valence-corrected chi connectivity index (χ4v) is 1.91. The molecule has 0 N–H and O–H groups in total. The van der Waals surface area contributed by atoms with Gasteiger partial charge in [-0.05, 0) is 17.7 Å². The predicted molar refractivity (Wildman–Crippen MR) is 65.4 cm³/mol. The third-order valence-corrected chi connectivity index (χ3v) is 3.15. The van der Waals surface area contributed by atoms with Crippen molar-refractivity contribution in [3.63, 3.8) is 0 Å². The molecule has 0 bridgehead atoms. The lowest BCUT2D eigenvalue weighted by atomic mass is 9.72. The molecular formula is C15H14O2-. The Hall–Kier alpha value is -1.83. The van der Waals surface area contributed by atoms with Crippen LogP contribution in [0.1, 0.15) is 19.4 Å². The summed E-state index contributed by atoms with van der Waals surface area (Å²) in [7, 11) is 0. The molecule has 1 aliphatic rings. The fourth-order valence-electron chi connectivity index (χ4n) is 1.91. The quantitative estimate of drug-likeness (QED) is 0.776. The molecule has 2 heteroatoms. The van der Waals surface area contributed by atoms with Crippen LogP contribution >= 0.6 is 0 Å². The van der Waals surface area contributed by atoms with Crippen LogP contribution in [0.3, 0.4) is 0 Å². The third-order valence-electron chi connectivity index (χ3n) is 3.15. The highest BCUT2D eigenvalue weighted by Gasteiger charge is 2.29. The van der Waals surface area contributed by atoms with Gasteiger partial charge in [-0.2, -0.15) is 0 Å². The highest BCUT2D eigenvalue weighted by atomic mass is 16.3. The maximum atomic E-state index is 11.1. The van der Waals surface area contributed by atoms with E-state index >= 15 is 0 Å². The van der Waals surface area contributed by atoms with Crippen molar-refractivity contribution in [3.05, 3.63) is 60.1 Å². The van der Waals surface area contributed by atoms with E-state index in [9.17, 15) is 9.90 Å². The van der Waals surface area contributed by atoms with Gasteiger partial charge in [-0.25, -0.2) is 0 Å². The summed E-state index contributed by atoms with van der Waals surface area (Å²) in [6.07, 6.45) is 6.82. The standard InChI is InChI=1S/C15H15O2/c1-15(2,11-3-7-13(16)8-4-11)12-5-9-14(17)10-6-12/h3-10,16H,1-2H3/p-1. The predicted octanol–water partition coefficient (Wildman–Crippen LogP) is 2.31. The van der Waals surface area contributed by atoms with Gasteiger partial charge in [0.25, 0.3) is 0 Å². The number of hydrogen-bond donors (Lipinski definition) is 0. The number of benzene rings is 1. The van der Waals surface area contributed by atoms with Crippen LogP contribution in [-0.2, 0) is 10.2 Å². The maximum Gasteiger partial charge on any atom is 0.178 e. The first-order chi connectivity index (χ1) is 8.00. The number of rotatable bonds is 2. The summed E-state index contributed by atoms with van der Waals surface area (Å²) in [5.41, 5.74) is 0.859. The van der Waals surface area contributed by atoms with Gasteiger partial charge >= 0.3 is 0 Å². The van der Waals surface area contributed by atoms with Crippen LogP contribution in [0.2, 0.25) is 0 Å². The Kier molecular flexibility index (Phi) is 2.88. The summed E-state index contributed by atoms with van der Waals surface area (Å²) in [6.45, 7) is 4.15. The van der Waals surface area contributed by atoms with Crippen molar-refractivity contribution in [2.24, 2.45) is 0 Å². The van der Waals surface area contributed by atoms with Gasteiger partial charge in [0.1, 0.15) is 0 Å². The Morgan fingerprint density at radius 1 is 0.941 bits per heavy atom. The smallest absolute Gasteiger partial charge is 0.178 e. The van der Waals surface area contributed by atoms with Gasteiger partial charge < -0.3 is 5.11 Å². The van der Waals surface area contributed by atoms with Crippen molar-refractivity contribution < 1.29 is 9.90 Å². The van der Waals surface area contributed by atoms with Crippen LogP contribution in [0.4, 0.5) is 0 Å². The Labute approximate surface area is 101 Å². The van der Waals surface area contributed by atoms with Crippen LogP contribution in [-0.4, -0.2) is 5.78 Å². The Balaban J connectivity index is 2.30. The fraction of sp³-hybridized carbons (Fsp3) is 0.200. The summed E-state index contributed by atoms with van der Waals surface area (Å²) in [4.78, 5) is 11.1. The zero-order valence-electron chi connectivity index (χ0n) is 9.94. The first-order valence-corrected chi connectivity index (χ1v) is 5.55. The second kappa shape index (κ2) is 4.21. The topological polar surface area (TPSA) is 40.1 Å². The monoisotopic (exact) mass is 226 g/mol. The van der Waals surface area contributed by atoms with E-state index < -0.39 is 0 Å². The van der Waals surface area contributed by atoms with Crippen molar-refractivity contribution in [3.8, 4) is 5.75 Å². The number of carbonyl (C=O) groups is 1. The molecule has 2 rings (SSSR count). The van der Waals surface area contributed by atoms with E-state index in [2.05, 4.69) is 13.8 Å².